The lowest BCUT2D eigenvalue weighted by molar-refractivity contribution is -0.110. The molecule has 0 aliphatic heterocycles. The Balaban J connectivity index is -0.000000107. The maximum Gasteiger partial charge on any atom is 0.235 e. The summed E-state index contributed by atoms with van der Waals surface area (Å²) in [5, 5.41) is -0.495. The summed E-state index contributed by atoms with van der Waals surface area (Å²) >= 11 is 4.70. The van der Waals surface area contributed by atoms with E-state index in [9.17, 15) is 4.79 Å². The first-order valence-electron chi connectivity index (χ1n) is 2.94. The van der Waals surface area contributed by atoms with E-state index in [-0.39, 0.29) is 24.5 Å². The van der Waals surface area contributed by atoms with Gasteiger partial charge in [0, 0.05) is 5.54 Å². The van der Waals surface area contributed by atoms with Crippen LogP contribution in [0.15, 0.2) is 0 Å². The minimum Gasteiger partial charge on any atom is -0.326 e. The van der Waals surface area contributed by atoms with Gasteiger partial charge in [-0.1, -0.05) is 0 Å². The number of hydrogen-bond acceptors (Lipinski definition) is 3. The molecular weight excluding hydrogens is 187 g/mol. The van der Waals surface area contributed by atoms with Crippen LogP contribution < -0.4 is 11.5 Å². The number of carbonyl (C=O) groups excluding carboxylic acids is 1. The zero-order chi connectivity index (χ0) is 8.78. The first-order valence-corrected chi connectivity index (χ1v) is 3.32. The van der Waals surface area contributed by atoms with Crippen LogP contribution in [-0.2, 0) is 4.79 Å². The van der Waals surface area contributed by atoms with Gasteiger partial charge in [-0.2, -0.15) is 0 Å². The minimum absolute atomic E-state index is 0. The SMILES string of the molecule is CC(C)(C)N.Cl.NCC(=O)Cl. The van der Waals surface area contributed by atoms with Crippen LogP contribution in [0.3, 0.4) is 0 Å². The topological polar surface area (TPSA) is 69.1 Å². The Kier molecular flexibility index (Phi) is 13.0. The van der Waals surface area contributed by atoms with E-state index in [0.717, 1.165) is 0 Å². The fourth-order valence-electron chi connectivity index (χ4n) is 0. The van der Waals surface area contributed by atoms with Crippen LogP contribution in [0.1, 0.15) is 20.8 Å². The second-order valence-electron chi connectivity index (χ2n) is 2.93. The summed E-state index contributed by atoms with van der Waals surface area (Å²) in [6.45, 7) is 5.83. The molecule has 0 radical (unpaired) electrons. The largest absolute Gasteiger partial charge is 0.326 e. The Hall–Kier alpha value is 0.170. The highest BCUT2D eigenvalue weighted by Crippen LogP contribution is 1.88. The van der Waals surface area contributed by atoms with Gasteiger partial charge in [-0.3, -0.25) is 4.79 Å². The van der Waals surface area contributed by atoms with Crippen LogP contribution in [0.2, 0.25) is 0 Å². The quantitative estimate of drug-likeness (QED) is 0.621. The predicted octanol–water partition coefficient (Wildman–Crippen LogP) is 0.876. The van der Waals surface area contributed by atoms with Gasteiger partial charge in [-0.15, -0.1) is 12.4 Å². The average Bonchev–Trinajstić information content (AvgIpc) is 1.61. The van der Waals surface area contributed by atoms with Crippen molar-refractivity contribution in [1.29, 1.82) is 0 Å². The van der Waals surface area contributed by atoms with E-state index in [0.29, 0.717) is 0 Å². The molecule has 0 saturated heterocycles. The van der Waals surface area contributed by atoms with Crippen molar-refractivity contribution in [3.05, 3.63) is 0 Å². The highest BCUT2D eigenvalue weighted by atomic mass is 35.5. The molecule has 0 atom stereocenters. The summed E-state index contributed by atoms with van der Waals surface area (Å²) in [4.78, 5) is 9.45. The standard InChI is InChI=1S/C4H11N.C2H4ClNO.ClH/c1-4(2,3)5;3-2(5)1-4;/h5H2,1-3H3;1,4H2;1H. The zero-order valence-electron chi connectivity index (χ0n) is 7.06. The molecule has 0 rings (SSSR count). The van der Waals surface area contributed by atoms with Crippen LogP contribution in [0.25, 0.3) is 0 Å². The van der Waals surface area contributed by atoms with Gasteiger partial charge in [0.05, 0.1) is 6.54 Å². The Morgan fingerprint density at radius 2 is 1.55 bits per heavy atom. The van der Waals surface area contributed by atoms with Crippen molar-refractivity contribution in [3.63, 3.8) is 0 Å². The van der Waals surface area contributed by atoms with Crippen LogP contribution in [-0.4, -0.2) is 17.3 Å². The van der Waals surface area contributed by atoms with E-state index in [1.54, 1.807) is 0 Å². The monoisotopic (exact) mass is 202 g/mol. The molecule has 11 heavy (non-hydrogen) atoms. The lowest BCUT2D eigenvalue weighted by Gasteiger charge is -2.06. The molecule has 0 aromatic heterocycles. The number of halogens is 2. The molecule has 0 aromatic rings. The third-order valence-electron chi connectivity index (χ3n) is 0.160. The van der Waals surface area contributed by atoms with Gasteiger partial charge in [0.25, 0.3) is 0 Å². The number of rotatable bonds is 1. The average molecular weight is 203 g/mol. The molecule has 0 amide bonds. The summed E-state index contributed by atoms with van der Waals surface area (Å²) in [5.74, 6) is 0. The Morgan fingerprint density at radius 3 is 1.55 bits per heavy atom. The fourth-order valence-corrected chi connectivity index (χ4v) is 0. The Bertz CT molecular complexity index is 95.2. The zero-order valence-corrected chi connectivity index (χ0v) is 8.63. The molecule has 0 fully saturated rings. The molecule has 0 unspecified atom stereocenters. The molecule has 0 heterocycles. The highest BCUT2D eigenvalue weighted by Gasteiger charge is 1.95. The van der Waals surface area contributed by atoms with E-state index < -0.39 is 5.24 Å². The maximum atomic E-state index is 9.45. The summed E-state index contributed by atoms with van der Waals surface area (Å²) in [6, 6.07) is 0. The maximum absolute atomic E-state index is 9.45. The van der Waals surface area contributed by atoms with Crippen molar-refractivity contribution in [2.24, 2.45) is 11.5 Å². The van der Waals surface area contributed by atoms with E-state index >= 15 is 0 Å². The second-order valence-corrected chi connectivity index (χ2v) is 3.35. The molecule has 0 spiro atoms. The van der Waals surface area contributed by atoms with Gasteiger partial charge >= 0.3 is 0 Å². The highest BCUT2D eigenvalue weighted by molar-refractivity contribution is 6.64. The van der Waals surface area contributed by atoms with Crippen molar-refractivity contribution in [3.8, 4) is 0 Å². The van der Waals surface area contributed by atoms with E-state index in [1.165, 1.54) is 0 Å². The van der Waals surface area contributed by atoms with Gasteiger partial charge in [-0.25, -0.2) is 0 Å². The first kappa shape index (κ1) is 17.3. The predicted molar refractivity (Wildman–Crippen MR) is 51.1 cm³/mol. The first-order chi connectivity index (χ1) is 4.27. The lowest BCUT2D eigenvalue weighted by Crippen LogP contribution is -2.26. The van der Waals surface area contributed by atoms with Crippen molar-refractivity contribution in [1.82, 2.24) is 0 Å². The molecule has 0 aliphatic rings. The minimum atomic E-state index is -0.495. The smallest absolute Gasteiger partial charge is 0.235 e. The molecule has 5 heteroatoms. The molecule has 0 bridgehead atoms. The molecule has 0 aromatic carbocycles. The summed E-state index contributed by atoms with van der Waals surface area (Å²) in [6.07, 6.45) is 0. The summed E-state index contributed by atoms with van der Waals surface area (Å²) < 4.78 is 0. The third-order valence-corrected chi connectivity index (χ3v) is 0.315. The van der Waals surface area contributed by atoms with Gasteiger partial charge in [0.2, 0.25) is 5.24 Å². The number of carbonyl (C=O) groups is 1. The van der Waals surface area contributed by atoms with Gasteiger partial charge < -0.3 is 11.5 Å². The second kappa shape index (κ2) is 8.27. The molecular formula is C6H16Cl2N2O. The molecule has 3 nitrogen and oxygen atoms in total. The van der Waals surface area contributed by atoms with Crippen LogP contribution in [0, 0.1) is 0 Å². The Morgan fingerprint density at radius 1 is 1.45 bits per heavy atom. The van der Waals surface area contributed by atoms with Crippen LogP contribution >= 0.6 is 24.0 Å². The molecule has 0 aliphatic carbocycles. The lowest BCUT2D eigenvalue weighted by atomic mass is 10.1. The third kappa shape index (κ3) is 144. The van der Waals surface area contributed by atoms with E-state index in [2.05, 4.69) is 5.73 Å². The normalized spacial score (nSPS) is 8.91. The molecule has 70 valence electrons. The van der Waals surface area contributed by atoms with Crippen molar-refractivity contribution in [2.45, 2.75) is 26.3 Å². The van der Waals surface area contributed by atoms with Gasteiger partial charge in [-0.05, 0) is 32.4 Å². The van der Waals surface area contributed by atoms with Crippen molar-refractivity contribution >= 4 is 29.3 Å². The number of nitrogens with two attached hydrogens (primary N) is 2. The Labute approximate surface area is 78.9 Å². The number of hydrogen-bond donors (Lipinski definition) is 2. The van der Waals surface area contributed by atoms with E-state index in [1.807, 2.05) is 20.8 Å². The molecule has 4 N–H and O–H groups in total. The summed E-state index contributed by atoms with van der Waals surface area (Å²) in [7, 11) is 0. The van der Waals surface area contributed by atoms with E-state index in [4.69, 9.17) is 17.3 Å². The summed E-state index contributed by atoms with van der Waals surface area (Å²) in [5.41, 5.74) is 10.0. The van der Waals surface area contributed by atoms with Crippen molar-refractivity contribution in [2.75, 3.05) is 6.54 Å². The van der Waals surface area contributed by atoms with Gasteiger partial charge in [0.15, 0.2) is 0 Å². The fraction of sp³-hybridized carbons (Fsp3) is 0.833. The van der Waals surface area contributed by atoms with Crippen LogP contribution in [0.4, 0.5) is 0 Å². The molecule has 0 saturated carbocycles. The van der Waals surface area contributed by atoms with Crippen molar-refractivity contribution < 1.29 is 4.79 Å². The van der Waals surface area contributed by atoms with Crippen LogP contribution in [0.5, 0.6) is 0 Å². The van der Waals surface area contributed by atoms with Gasteiger partial charge in [0.1, 0.15) is 0 Å².